The fourth-order valence-electron chi connectivity index (χ4n) is 3.88. The van der Waals surface area contributed by atoms with Crippen LogP contribution in [0.1, 0.15) is 39.8 Å². The molecule has 0 unspecified atom stereocenters. The molecule has 4 aromatic rings. The summed E-state index contributed by atoms with van der Waals surface area (Å²) >= 11 is 1.63. The molecular weight excluding hydrogens is 396 g/mol. The second-order valence-corrected chi connectivity index (χ2v) is 8.92. The monoisotopic (exact) mass is 414 g/mol. The highest BCUT2D eigenvalue weighted by atomic mass is 32.1. The van der Waals surface area contributed by atoms with Gasteiger partial charge in [0.2, 0.25) is 0 Å². The Labute approximate surface area is 177 Å². The molecule has 0 bridgehead atoms. The molecule has 6 rings (SSSR count). The molecule has 1 fully saturated rings. The molecule has 1 aliphatic carbocycles. The van der Waals surface area contributed by atoms with E-state index in [0.717, 1.165) is 50.9 Å². The summed E-state index contributed by atoms with van der Waals surface area (Å²) in [6.45, 7) is 2.50. The zero-order valence-electron chi connectivity index (χ0n) is 16.3. The number of amides is 1. The molecule has 1 saturated carbocycles. The Balaban J connectivity index is 1.33. The Morgan fingerprint density at radius 2 is 2.07 bits per heavy atom. The van der Waals surface area contributed by atoms with Crippen molar-refractivity contribution >= 4 is 23.1 Å². The predicted octanol–water partition coefficient (Wildman–Crippen LogP) is 4.27. The minimum atomic E-state index is -0.0265. The molecule has 30 heavy (non-hydrogen) atoms. The fourth-order valence-corrected chi connectivity index (χ4v) is 4.65. The number of carbonyl (C=O) groups is 1. The van der Waals surface area contributed by atoms with E-state index < -0.39 is 0 Å². The topological polar surface area (TPSA) is 76.8 Å². The van der Waals surface area contributed by atoms with E-state index in [9.17, 15) is 4.79 Å². The van der Waals surface area contributed by atoms with Crippen molar-refractivity contribution in [2.24, 2.45) is 0 Å². The number of carbonyl (C=O) groups excluding carboxylic acids is 1. The minimum Gasteiger partial charge on any atom is -0.309 e. The maximum Gasteiger partial charge on any atom is 0.260 e. The van der Waals surface area contributed by atoms with Gasteiger partial charge >= 0.3 is 0 Å². The van der Waals surface area contributed by atoms with Crippen LogP contribution in [0.4, 0.5) is 5.82 Å². The van der Waals surface area contributed by atoms with Gasteiger partial charge < -0.3 is 4.57 Å². The summed E-state index contributed by atoms with van der Waals surface area (Å²) in [6.07, 6.45) is 5.92. The molecule has 1 aromatic carbocycles. The van der Waals surface area contributed by atoms with E-state index in [4.69, 9.17) is 4.98 Å². The molecule has 2 aliphatic rings. The van der Waals surface area contributed by atoms with Crippen molar-refractivity contribution in [2.45, 2.75) is 32.4 Å². The number of nitrogens with zero attached hydrogens (tertiary/aromatic N) is 6. The van der Waals surface area contributed by atoms with Crippen LogP contribution in [-0.2, 0) is 6.54 Å². The van der Waals surface area contributed by atoms with E-state index in [1.807, 2.05) is 43.5 Å². The van der Waals surface area contributed by atoms with Crippen molar-refractivity contribution in [3.05, 3.63) is 65.1 Å². The summed E-state index contributed by atoms with van der Waals surface area (Å²) in [4.78, 5) is 25.1. The van der Waals surface area contributed by atoms with Crippen LogP contribution >= 0.6 is 11.3 Å². The maximum atomic E-state index is 13.2. The standard InChI is InChI=1S/C22H18N6OS/c1-13-23-10-19(30-13)14-5-6-15-11-27(22(29)17(15)9-14)20-4-2-3-18(25-20)21-26-24-12-28(21)16-7-8-16/h2-6,9-10,12,16H,7-8,11H2,1H3. The molecule has 8 heteroatoms. The third-order valence-electron chi connectivity index (χ3n) is 5.57. The largest absolute Gasteiger partial charge is 0.309 e. The first-order chi connectivity index (χ1) is 14.7. The van der Waals surface area contributed by atoms with Crippen molar-refractivity contribution in [1.82, 2.24) is 24.7 Å². The highest BCUT2D eigenvalue weighted by Crippen LogP contribution is 2.38. The first kappa shape index (κ1) is 17.5. The summed E-state index contributed by atoms with van der Waals surface area (Å²) in [5.74, 6) is 1.36. The van der Waals surface area contributed by atoms with Crippen LogP contribution in [0.25, 0.3) is 22.0 Å². The van der Waals surface area contributed by atoms with Crippen molar-refractivity contribution in [3.63, 3.8) is 0 Å². The number of anilines is 1. The van der Waals surface area contributed by atoms with Crippen molar-refractivity contribution < 1.29 is 4.79 Å². The number of rotatable bonds is 4. The van der Waals surface area contributed by atoms with Crippen molar-refractivity contribution in [3.8, 4) is 22.0 Å². The molecule has 1 amide bonds. The van der Waals surface area contributed by atoms with E-state index in [-0.39, 0.29) is 5.91 Å². The quantitative estimate of drug-likeness (QED) is 0.498. The summed E-state index contributed by atoms with van der Waals surface area (Å²) in [5, 5.41) is 9.34. The second-order valence-electron chi connectivity index (χ2n) is 7.68. The number of hydrogen-bond donors (Lipinski definition) is 0. The smallest absolute Gasteiger partial charge is 0.260 e. The summed E-state index contributed by atoms with van der Waals surface area (Å²) < 4.78 is 2.08. The number of fused-ring (bicyclic) bond motifs is 1. The lowest BCUT2D eigenvalue weighted by atomic mass is 10.1. The number of hydrogen-bond acceptors (Lipinski definition) is 6. The number of aryl methyl sites for hydroxylation is 1. The molecule has 4 heterocycles. The van der Waals surface area contributed by atoms with Crippen LogP contribution in [0.2, 0.25) is 0 Å². The first-order valence-electron chi connectivity index (χ1n) is 9.92. The van der Waals surface area contributed by atoms with Crippen LogP contribution < -0.4 is 4.90 Å². The highest BCUT2D eigenvalue weighted by Gasteiger charge is 2.31. The average Bonchev–Trinajstić information content (AvgIpc) is 3.18. The molecular formula is C22H18N6OS. The summed E-state index contributed by atoms with van der Waals surface area (Å²) in [5.41, 5.74) is 3.50. The normalized spacial score (nSPS) is 15.6. The molecule has 0 spiro atoms. The van der Waals surface area contributed by atoms with E-state index in [1.165, 1.54) is 0 Å². The molecule has 0 N–H and O–H groups in total. The lowest BCUT2D eigenvalue weighted by Crippen LogP contribution is -2.24. The van der Waals surface area contributed by atoms with Gasteiger partial charge in [-0.05, 0) is 49.1 Å². The van der Waals surface area contributed by atoms with Gasteiger partial charge in [0.15, 0.2) is 5.82 Å². The third kappa shape index (κ3) is 2.83. The zero-order valence-corrected chi connectivity index (χ0v) is 17.1. The summed E-state index contributed by atoms with van der Waals surface area (Å²) in [7, 11) is 0. The Morgan fingerprint density at radius 3 is 2.87 bits per heavy atom. The fraction of sp³-hybridized carbons (Fsp3) is 0.227. The molecule has 7 nitrogen and oxygen atoms in total. The SMILES string of the molecule is Cc1ncc(-c2ccc3c(c2)C(=O)N(c2cccc(-c4nncn4C4CC4)n2)C3)s1. The number of thiazole rings is 1. The molecule has 1 aliphatic heterocycles. The lowest BCUT2D eigenvalue weighted by molar-refractivity contribution is 0.0996. The lowest BCUT2D eigenvalue weighted by Gasteiger charge is -2.15. The van der Waals surface area contributed by atoms with Gasteiger partial charge in [-0.3, -0.25) is 9.69 Å². The van der Waals surface area contributed by atoms with Crippen LogP contribution in [0.5, 0.6) is 0 Å². The Kier molecular flexibility index (Phi) is 3.82. The van der Waals surface area contributed by atoms with Crippen LogP contribution in [0.3, 0.4) is 0 Å². The van der Waals surface area contributed by atoms with Crippen LogP contribution in [0.15, 0.2) is 48.9 Å². The van der Waals surface area contributed by atoms with E-state index in [1.54, 1.807) is 22.6 Å². The molecule has 0 atom stereocenters. The van der Waals surface area contributed by atoms with Crippen molar-refractivity contribution in [2.75, 3.05) is 4.90 Å². The Hall–Kier alpha value is -3.39. The van der Waals surface area contributed by atoms with Gasteiger partial charge in [0.05, 0.1) is 16.4 Å². The van der Waals surface area contributed by atoms with Crippen LogP contribution in [-0.4, -0.2) is 30.6 Å². The first-order valence-corrected chi connectivity index (χ1v) is 10.7. The Bertz CT molecular complexity index is 1290. The molecule has 148 valence electrons. The predicted molar refractivity (Wildman–Crippen MR) is 114 cm³/mol. The second kappa shape index (κ2) is 6.56. The van der Waals surface area contributed by atoms with Crippen molar-refractivity contribution in [1.29, 1.82) is 0 Å². The van der Waals surface area contributed by atoms with Gasteiger partial charge in [-0.15, -0.1) is 21.5 Å². The molecule has 3 aromatic heterocycles. The minimum absolute atomic E-state index is 0.0265. The highest BCUT2D eigenvalue weighted by molar-refractivity contribution is 7.15. The van der Waals surface area contributed by atoms with Gasteiger partial charge in [0.1, 0.15) is 17.8 Å². The van der Waals surface area contributed by atoms with Gasteiger partial charge in [-0.1, -0.05) is 18.2 Å². The van der Waals surface area contributed by atoms with Gasteiger partial charge in [-0.25, -0.2) is 9.97 Å². The van der Waals surface area contributed by atoms with E-state index in [0.29, 0.717) is 18.4 Å². The number of benzene rings is 1. The van der Waals surface area contributed by atoms with Gasteiger partial charge in [0, 0.05) is 17.8 Å². The number of pyridine rings is 1. The average molecular weight is 414 g/mol. The van der Waals surface area contributed by atoms with E-state index >= 15 is 0 Å². The zero-order chi connectivity index (χ0) is 20.2. The molecule has 0 saturated heterocycles. The third-order valence-corrected chi connectivity index (χ3v) is 6.53. The Morgan fingerprint density at radius 1 is 1.17 bits per heavy atom. The summed E-state index contributed by atoms with van der Waals surface area (Å²) in [6, 6.07) is 12.2. The number of aromatic nitrogens is 5. The van der Waals surface area contributed by atoms with Gasteiger partial charge in [0.25, 0.3) is 5.91 Å². The van der Waals surface area contributed by atoms with Gasteiger partial charge in [-0.2, -0.15) is 0 Å². The maximum absolute atomic E-state index is 13.2. The van der Waals surface area contributed by atoms with Crippen LogP contribution in [0, 0.1) is 6.92 Å². The van der Waals surface area contributed by atoms with E-state index in [2.05, 4.69) is 25.8 Å². The molecule has 0 radical (unpaired) electrons.